The number of benzene rings is 4. The lowest BCUT2D eigenvalue weighted by Crippen LogP contribution is -1.79. The summed E-state index contributed by atoms with van der Waals surface area (Å²) in [6.45, 7) is 0. The molecular formula is C18H11Cl. The standard InChI is InChI=1S/C18H11Cl/c19-16-8-7-12-5-6-15-9-13-3-1-2-4-14(13)10-17(15)18(12)11-16/h1-11H. The van der Waals surface area contributed by atoms with Crippen molar-refractivity contribution >= 4 is 43.9 Å². The van der Waals surface area contributed by atoms with Crippen LogP contribution in [-0.2, 0) is 0 Å². The minimum absolute atomic E-state index is 0.785. The second-order valence-corrected chi connectivity index (χ2v) is 5.29. The molecule has 0 unspecified atom stereocenters. The van der Waals surface area contributed by atoms with Gasteiger partial charge in [-0.2, -0.15) is 0 Å². The molecule has 4 aromatic carbocycles. The fourth-order valence-corrected chi connectivity index (χ4v) is 2.89. The molecule has 0 heterocycles. The maximum atomic E-state index is 6.14. The lowest BCUT2D eigenvalue weighted by molar-refractivity contribution is 1.77. The van der Waals surface area contributed by atoms with Crippen molar-refractivity contribution in [3.63, 3.8) is 0 Å². The van der Waals surface area contributed by atoms with E-state index in [2.05, 4.69) is 54.6 Å². The zero-order chi connectivity index (χ0) is 12.8. The summed E-state index contributed by atoms with van der Waals surface area (Å²) in [5.41, 5.74) is 0. The summed E-state index contributed by atoms with van der Waals surface area (Å²) in [4.78, 5) is 0. The highest BCUT2D eigenvalue weighted by Gasteiger charge is 2.03. The number of rotatable bonds is 0. The smallest absolute Gasteiger partial charge is 0.0412 e. The Morgan fingerprint density at radius 2 is 1.16 bits per heavy atom. The predicted octanol–water partition coefficient (Wildman–Crippen LogP) is 5.80. The largest absolute Gasteiger partial charge is 0.0843 e. The Bertz CT molecular complexity index is 922. The average Bonchev–Trinajstić information content (AvgIpc) is 2.45. The molecule has 0 saturated heterocycles. The number of hydrogen-bond donors (Lipinski definition) is 0. The van der Waals surface area contributed by atoms with Crippen molar-refractivity contribution in [1.29, 1.82) is 0 Å². The minimum atomic E-state index is 0.785. The van der Waals surface area contributed by atoms with Gasteiger partial charge in [0.1, 0.15) is 0 Å². The molecule has 0 bridgehead atoms. The van der Waals surface area contributed by atoms with Crippen LogP contribution >= 0.6 is 11.6 Å². The van der Waals surface area contributed by atoms with Crippen LogP contribution in [0.25, 0.3) is 32.3 Å². The normalized spacial score (nSPS) is 11.4. The molecule has 1 heteroatoms. The van der Waals surface area contributed by atoms with Crippen molar-refractivity contribution in [2.45, 2.75) is 0 Å². The molecular weight excluding hydrogens is 252 g/mol. The first-order valence-corrected chi connectivity index (χ1v) is 6.70. The van der Waals surface area contributed by atoms with Crippen LogP contribution in [0, 0.1) is 0 Å². The van der Waals surface area contributed by atoms with E-state index in [0.29, 0.717) is 0 Å². The lowest BCUT2D eigenvalue weighted by atomic mass is 9.98. The van der Waals surface area contributed by atoms with Gasteiger partial charge in [0.05, 0.1) is 0 Å². The van der Waals surface area contributed by atoms with E-state index in [0.717, 1.165) is 5.02 Å². The van der Waals surface area contributed by atoms with Crippen molar-refractivity contribution in [2.24, 2.45) is 0 Å². The molecule has 0 saturated carbocycles. The lowest BCUT2D eigenvalue weighted by Gasteiger charge is -2.06. The second-order valence-electron chi connectivity index (χ2n) is 4.85. The van der Waals surface area contributed by atoms with Crippen LogP contribution in [0.3, 0.4) is 0 Å². The third-order valence-electron chi connectivity index (χ3n) is 3.67. The van der Waals surface area contributed by atoms with Crippen LogP contribution < -0.4 is 0 Å². The van der Waals surface area contributed by atoms with Crippen molar-refractivity contribution in [2.75, 3.05) is 0 Å². The minimum Gasteiger partial charge on any atom is -0.0843 e. The van der Waals surface area contributed by atoms with Gasteiger partial charge in [-0.3, -0.25) is 0 Å². The molecule has 0 aliphatic carbocycles. The number of hydrogen-bond acceptors (Lipinski definition) is 0. The summed E-state index contributed by atoms with van der Waals surface area (Å²) in [5.74, 6) is 0. The van der Waals surface area contributed by atoms with Gasteiger partial charge in [0.2, 0.25) is 0 Å². The van der Waals surface area contributed by atoms with E-state index in [4.69, 9.17) is 11.6 Å². The van der Waals surface area contributed by atoms with Gasteiger partial charge in [-0.25, -0.2) is 0 Å². The molecule has 0 nitrogen and oxygen atoms in total. The first kappa shape index (κ1) is 10.8. The van der Waals surface area contributed by atoms with Crippen LogP contribution in [0.15, 0.2) is 66.7 Å². The number of fused-ring (bicyclic) bond motifs is 4. The van der Waals surface area contributed by atoms with E-state index in [1.807, 2.05) is 12.1 Å². The fourth-order valence-electron chi connectivity index (χ4n) is 2.72. The van der Waals surface area contributed by atoms with Gasteiger partial charge in [0.25, 0.3) is 0 Å². The molecule has 0 aromatic heterocycles. The van der Waals surface area contributed by atoms with Crippen LogP contribution in [-0.4, -0.2) is 0 Å². The van der Waals surface area contributed by atoms with E-state index in [-0.39, 0.29) is 0 Å². The van der Waals surface area contributed by atoms with Gasteiger partial charge in [0, 0.05) is 5.02 Å². The fraction of sp³-hybridized carbons (Fsp3) is 0. The summed E-state index contributed by atoms with van der Waals surface area (Å²) in [7, 11) is 0. The molecule has 0 aliphatic rings. The first-order chi connectivity index (χ1) is 9.31. The van der Waals surface area contributed by atoms with Gasteiger partial charge >= 0.3 is 0 Å². The summed E-state index contributed by atoms with van der Waals surface area (Å²) < 4.78 is 0. The summed E-state index contributed by atoms with van der Waals surface area (Å²) in [5, 5.41) is 8.29. The maximum absolute atomic E-state index is 6.14. The first-order valence-electron chi connectivity index (χ1n) is 6.32. The van der Waals surface area contributed by atoms with Crippen molar-refractivity contribution in [1.82, 2.24) is 0 Å². The predicted molar refractivity (Wildman–Crippen MR) is 84.0 cm³/mol. The van der Waals surface area contributed by atoms with Crippen LogP contribution in [0.5, 0.6) is 0 Å². The van der Waals surface area contributed by atoms with E-state index in [9.17, 15) is 0 Å². The Morgan fingerprint density at radius 3 is 2.00 bits per heavy atom. The molecule has 0 fully saturated rings. The Balaban J connectivity index is 2.25. The van der Waals surface area contributed by atoms with Crippen LogP contribution in [0.1, 0.15) is 0 Å². The molecule has 0 amide bonds. The zero-order valence-electron chi connectivity index (χ0n) is 10.2. The third-order valence-corrected chi connectivity index (χ3v) is 3.90. The van der Waals surface area contributed by atoms with E-state index >= 15 is 0 Å². The summed E-state index contributed by atoms with van der Waals surface area (Å²) in [6.07, 6.45) is 0. The Morgan fingerprint density at radius 1 is 0.526 bits per heavy atom. The highest BCUT2D eigenvalue weighted by Crippen LogP contribution is 2.30. The van der Waals surface area contributed by atoms with Gasteiger partial charge in [-0.1, -0.05) is 54.1 Å². The SMILES string of the molecule is Clc1ccc2ccc3cc4ccccc4cc3c2c1. The monoisotopic (exact) mass is 262 g/mol. The quantitative estimate of drug-likeness (QED) is 0.277. The average molecular weight is 263 g/mol. The number of halogens is 1. The third kappa shape index (κ3) is 1.68. The Labute approximate surface area is 116 Å². The molecule has 4 aromatic rings. The van der Waals surface area contributed by atoms with Gasteiger partial charge in [-0.05, 0) is 56.6 Å². The van der Waals surface area contributed by atoms with Gasteiger partial charge < -0.3 is 0 Å². The molecule has 90 valence electrons. The second kappa shape index (κ2) is 3.97. The molecule has 0 atom stereocenters. The zero-order valence-corrected chi connectivity index (χ0v) is 11.0. The molecule has 19 heavy (non-hydrogen) atoms. The maximum Gasteiger partial charge on any atom is 0.0412 e. The van der Waals surface area contributed by atoms with E-state index in [1.165, 1.54) is 32.3 Å². The van der Waals surface area contributed by atoms with E-state index in [1.54, 1.807) is 0 Å². The van der Waals surface area contributed by atoms with Crippen molar-refractivity contribution in [3.05, 3.63) is 71.8 Å². The highest BCUT2D eigenvalue weighted by atomic mass is 35.5. The van der Waals surface area contributed by atoms with Gasteiger partial charge in [-0.15, -0.1) is 0 Å². The Kier molecular flexibility index (Phi) is 2.27. The molecule has 0 radical (unpaired) electrons. The molecule has 0 spiro atoms. The molecule has 0 aliphatic heterocycles. The van der Waals surface area contributed by atoms with Gasteiger partial charge in [0.15, 0.2) is 0 Å². The summed E-state index contributed by atoms with van der Waals surface area (Å²) in [6, 6.07) is 23.3. The van der Waals surface area contributed by atoms with Crippen molar-refractivity contribution in [3.8, 4) is 0 Å². The topological polar surface area (TPSA) is 0 Å². The highest BCUT2D eigenvalue weighted by molar-refractivity contribution is 6.32. The van der Waals surface area contributed by atoms with Crippen molar-refractivity contribution < 1.29 is 0 Å². The van der Waals surface area contributed by atoms with Crippen LogP contribution in [0.2, 0.25) is 5.02 Å². The molecule has 4 rings (SSSR count). The summed E-state index contributed by atoms with van der Waals surface area (Å²) >= 11 is 6.14. The Hall–Kier alpha value is -2.05. The van der Waals surface area contributed by atoms with Crippen LogP contribution in [0.4, 0.5) is 0 Å². The molecule has 0 N–H and O–H groups in total. The van der Waals surface area contributed by atoms with E-state index < -0.39 is 0 Å².